The van der Waals surface area contributed by atoms with Crippen LogP contribution in [-0.2, 0) is 11.2 Å². The van der Waals surface area contributed by atoms with E-state index in [1.54, 1.807) is 0 Å². The summed E-state index contributed by atoms with van der Waals surface area (Å²) in [5, 5.41) is 3.08. The number of carbonyl (C=O) groups excluding carboxylic acids is 1. The van der Waals surface area contributed by atoms with Gasteiger partial charge in [-0.3, -0.25) is 4.79 Å². The van der Waals surface area contributed by atoms with Crippen molar-refractivity contribution in [3.63, 3.8) is 0 Å². The Morgan fingerprint density at radius 2 is 1.95 bits per heavy atom. The second-order valence-corrected chi connectivity index (χ2v) is 5.99. The number of aryl methyl sites for hydroxylation is 1. The Morgan fingerprint density at radius 3 is 2.60 bits per heavy atom. The number of carbonyl (C=O) groups is 1. The Kier molecular flexibility index (Phi) is 6.34. The molecule has 0 unspecified atom stereocenters. The van der Waals surface area contributed by atoms with Crippen LogP contribution < -0.4 is 11.1 Å². The largest absolute Gasteiger partial charge is 0.399 e. The van der Waals surface area contributed by atoms with Gasteiger partial charge in [0.05, 0.1) is 0 Å². The quantitative estimate of drug-likeness (QED) is 0.819. The molecule has 0 heterocycles. The van der Waals surface area contributed by atoms with Crippen molar-refractivity contribution in [1.29, 1.82) is 0 Å². The van der Waals surface area contributed by atoms with Crippen molar-refractivity contribution < 1.29 is 4.79 Å². The van der Waals surface area contributed by atoms with Crippen molar-refractivity contribution in [1.82, 2.24) is 5.32 Å². The first-order valence-corrected chi connectivity index (χ1v) is 7.19. The third kappa shape index (κ3) is 4.71. The average Bonchev–Trinajstić information content (AvgIpc) is 2.83. The summed E-state index contributed by atoms with van der Waals surface area (Å²) >= 11 is 0. The minimum Gasteiger partial charge on any atom is -0.399 e. The lowest BCUT2D eigenvalue weighted by Crippen LogP contribution is -2.34. The molecule has 2 rings (SSSR count). The fraction of sp³-hybridized carbons (Fsp3) is 0.562. The smallest absolute Gasteiger partial charge is 0.220 e. The Balaban J connectivity index is 0.00000200. The standard InChI is InChI=1S/C16H24N2O.ClH/c1-16(10-4-5-11-16)12-18-15(19)9-8-13-6-2-3-7-14(13)17;/h2-3,6-7H,4-5,8-12,17H2,1H3,(H,18,19);1H. The van der Waals surface area contributed by atoms with E-state index in [2.05, 4.69) is 12.2 Å². The summed E-state index contributed by atoms with van der Waals surface area (Å²) in [6.45, 7) is 3.09. The molecule has 3 nitrogen and oxygen atoms in total. The predicted molar refractivity (Wildman–Crippen MR) is 86.0 cm³/mol. The molecule has 0 atom stereocenters. The number of hydrogen-bond acceptors (Lipinski definition) is 2. The van der Waals surface area contributed by atoms with E-state index in [9.17, 15) is 4.79 Å². The molecule has 0 aromatic heterocycles. The molecule has 0 aliphatic heterocycles. The number of hydrogen-bond donors (Lipinski definition) is 2. The number of rotatable bonds is 5. The summed E-state index contributed by atoms with van der Waals surface area (Å²) in [5.74, 6) is 0.136. The van der Waals surface area contributed by atoms with E-state index in [1.807, 2.05) is 24.3 Å². The zero-order chi connectivity index (χ0) is 13.7. The summed E-state index contributed by atoms with van der Waals surface area (Å²) in [5.41, 5.74) is 8.03. The Bertz CT molecular complexity index is 442. The number of amides is 1. The molecule has 20 heavy (non-hydrogen) atoms. The number of anilines is 1. The van der Waals surface area contributed by atoms with Gasteiger partial charge in [0, 0.05) is 18.7 Å². The lowest BCUT2D eigenvalue weighted by atomic mass is 9.89. The number of para-hydroxylation sites is 1. The lowest BCUT2D eigenvalue weighted by Gasteiger charge is -2.23. The molecule has 0 spiro atoms. The number of nitrogens with one attached hydrogen (secondary N) is 1. The van der Waals surface area contributed by atoms with E-state index in [-0.39, 0.29) is 18.3 Å². The van der Waals surface area contributed by atoms with Crippen LogP contribution in [0.5, 0.6) is 0 Å². The van der Waals surface area contributed by atoms with Gasteiger partial charge in [0.1, 0.15) is 0 Å². The van der Waals surface area contributed by atoms with Gasteiger partial charge < -0.3 is 11.1 Å². The van der Waals surface area contributed by atoms with E-state index < -0.39 is 0 Å². The summed E-state index contributed by atoms with van der Waals surface area (Å²) < 4.78 is 0. The minimum absolute atomic E-state index is 0. The normalized spacial score (nSPS) is 16.4. The summed E-state index contributed by atoms with van der Waals surface area (Å²) in [7, 11) is 0. The molecule has 1 aromatic carbocycles. The Labute approximate surface area is 127 Å². The van der Waals surface area contributed by atoms with Gasteiger partial charge >= 0.3 is 0 Å². The van der Waals surface area contributed by atoms with Crippen molar-refractivity contribution in [2.45, 2.75) is 45.4 Å². The first-order valence-electron chi connectivity index (χ1n) is 7.19. The van der Waals surface area contributed by atoms with Crippen LogP contribution in [-0.4, -0.2) is 12.5 Å². The fourth-order valence-corrected chi connectivity index (χ4v) is 2.82. The maximum Gasteiger partial charge on any atom is 0.220 e. The summed E-state index contributed by atoms with van der Waals surface area (Å²) in [6, 6.07) is 7.75. The van der Waals surface area contributed by atoms with E-state index in [1.165, 1.54) is 25.7 Å². The second kappa shape index (κ2) is 7.53. The molecule has 0 radical (unpaired) electrons. The Morgan fingerprint density at radius 1 is 1.30 bits per heavy atom. The molecule has 1 aliphatic carbocycles. The van der Waals surface area contributed by atoms with Gasteiger partial charge in [-0.2, -0.15) is 0 Å². The molecule has 0 bridgehead atoms. The van der Waals surface area contributed by atoms with Gasteiger partial charge in [0.25, 0.3) is 0 Å². The minimum atomic E-state index is 0. The molecule has 1 aliphatic rings. The zero-order valence-electron chi connectivity index (χ0n) is 12.2. The van der Waals surface area contributed by atoms with Crippen LogP contribution >= 0.6 is 12.4 Å². The molecule has 112 valence electrons. The topological polar surface area (TPSA) is 55.1 Å². The van der Waals surface area contributed by atoms with Gasteiger partial charge in [0.15, 0.2) is 0 Å². The average molecular weight is 297 g/mol. The van der Waals surface area contributed by atoms with Crippen molar-refractivity contribution >= 4 is 24.0 Å². The highest BCUT2D eigenvalue weighted by Crippen LogP contribution is 2.36. The third-order valence-electron chi connectivity index (χ3n) is 4.20. The van der Waals surface area contributed by atoms with E-state index in [4.69, 9.17) is 5.73 Å². The fourth-order valence-electron chi connectivity index (χ4n) is 2.82. The Hall–Kier alpha value is -1.22. The number of nitrogens with two attached hydrogens (primary N) is 1. The first kappa shape index (κ1) is 16.8. The molecule has 1 aromatic rings. The van der Waals surface area contributed by atoms with Crippen molar-refractivity contribution in [3.05, 3.63) is 29.8 Å². The second-order valence-electron chi connectivity index (χ2n) is 5.99. The van der Waals surface area contributed by atoms with Crippen molar-refractivity contribution in [2.24, 2.45) is 5.41 Å². The molecule has 1 amide bonds. The molecule has 1 saturated carbocycles. The molecular weight excluding hydrogens is 272 g/mol. The maximum atomic E-state index is 11.9. The van der Waals surface area contributed by atoms with Crippen molar-refractivity contribution in [3.8, 4) is 0 Å². The zero-order valence-corrected chi connectivity index (χ0v) is 13.0. The van der Waals surface area contributed by atoms with Gasteiger partial charge in [0.2, 0.25) is 5.91 Å². The number of nitrogen functional groups attached to an aromatic ring is 1. The SMILES string of the molecule is CC1(CNC(=O)CCc2ccccc2N)CCCC1.Cl. The van der Waals surface area contributed by atoms with Crippen LogP contribution in [0.15, 0.2) is 24.3 Å². The van der Waals surface area contributed by atoms with Crippen LogP contribution in [0, 0.1) is 5.41 Å². The lowest BCUT2D eigenvalue weighted by molar-refractivity contribution is -0.121. The van der Waals surface area contributed by atoms with Crippen LogP contribution in [0.2, 0.25) is 0 Å². The maximum absolute atomic E-state index is 11.9. The van der Waals surface area contributed by atoms with Gasteiger partial charge in [-0.1, -0.05) is 38.0 Å². The highest BCUT2D eigenvalue weighted by Gasteiger charge is 2.28. The van der Waals surface area contributed by atoms with E-state index in [0.717, 1.165) is 24.2 Å². The first-order chi connectivity index (χ1) is 9.09. The van der Waals surface area contributed by atoms with Gasteiger partial charge in [-0.15, -0.1) is 12.4 Å². The molecule has 3 N–H and O–H groups in total. The van der Waals surface area contributed by atoms with E-state index >= 15 is 0 Å². The van der Waals surface area contributed by atoms with E-state index in [0.29, 0.717) is 11.8 Å². The molecule has 1 fully saturated rings. The van der Waals surface area contributed by atoms with Crippen molar-refractivity contribution in [2.75, 3.05) is 12.3 Å². The third-order valence-corrected chi connectivity index (χ3v) is 4.20. The van der Waals surface area contributed by atoms with Crippen LogP contribution in [0.3, 0.4) is 0 Å². The van der Waals surface area contributed by atoms with Crippen LogP contribution in [0.4, 0.5) is 5.69 Å². The predicted octanol–water partition coefficient (Wildman–Crippen LogP) is 3.32. The molecule has 0 saturated heterocycles. The number of halogens is 1. The highest BCUT2D eigenvalue weighted by molar-refractivity contribution is 5.85. The van der Waals surface area contributed by atoms with Crippen LogP contribution in [0.1, 0.15) is 44.6 Å². The molecular formula is C16H25ClN2O. The van der Waals surface area contributed by atoms with Gasteiger partial charge in [-0.25, -0.2) is 0 Å². The number of benzene rings is 1. The highest BCUT2D eigenvalue weighted by atomic mass is 35.5. The van der Waals surface area contributed by atoms with Crippen LogP contribution in [0.25, 0.3) is 0 Å². The monoisotopic (exact) mass is 296 g/mol. The summed E-state index contributed by atoms with van der Waals surface area (Å²) in [4.78, 5) is 11.9. The van der Waals surface area contributed by atoms with Gasteiger partial charge in [-0.05, 0) is 36.3 Å². The molecule has 4 heteroatoms. The summed E-state index contributed by atoms with van der Waals surface area (Å²) in [6.07, 6.45) is 6.30.